The molecule has 3 aromatic rings. The monoisotopic (exact) mass is 395 g/mol. The van der Waals surface area contributed by atoms with Crippen LogP contribution in [0, 0.1) is 0 Å². The van der Waals surface area contributed by atoms with Gasteiger partial charge in [0.25, 0.3) is 0 Å². The van der Waals surface area contributed by atoms with Gasteiger partial charge in [-0.25, -0.2) is 9.97 Å². The Hall–Kier alpha value is -2.14. The number of halogens is 6. The van der Waals surface area contributed by atoms with E-state index >= 15 is 0 Å². The molecule has 0 radical (unpaired) electrons. The lowest BCUT2D eigenvalue weighted by Gasteiger charge is -2.13. The molecule has 0 aliphatic carbocycles. The molecule has 2 heterocycles. The van der Waals surface area contributed by atoms with Crippen molar-refractivity contribution in [3.8, 4) is 22.0 Å². The second-order valence-electron chi connectivity index (χ2n) is 4.90. The Morgan fingerprint density at radius 1 is 0.760 bits per heavy atom. The molecule has 132 valence electrons. The highest BCUT2D eigenvalue weighted by Crippen LogP contribution is 2.39. The van der Waals surface area contributed by atoms with Gasteiger partial charge in [-0.3, -0.25) is 0 Å². The zero-order chi connectivity index (χ0) is 18.4. The molecule has 0 fully saturated rings. The molecule has 0 aliphatic heterocycles. The molecule has 1 aromatic carbocycles. The van der Waals surface area contributed by atoms with Crippen molar-refractivity contribution < 1.29 is 26.3 Å². The molecular weight excluding hydrogens is 388 g/mol. The van der Waals surface area contributed by atoms with Crippen LogP contribution in [0.4, 0.5) is 31.5 Å². The Labute approximate surface area is 144 Å². The molecule has 2 N–H and O–H groups in total. The molecular formula is C14H7F6N3S2. The SMILES string of the molecule is Nc1nc(-c2nc(-c3cc(C(F)(F)F)cc(C(F)(F)F)c3)cs2)cs1. The topological polar surface area (TPSA) is 51.8 Å². The number of rotatable bonds is 2. The third-order valence-corrected chi connectivity index (χ3v) is 4.67. The first-order valence-corrected chi connectivity index (χ1v) is 8.27. The molecule has 3 rings (SSSR count). The van der Waals surface area contributed by atoms with Crippen LogP contribution in [0.15, 0.2) is 29.0 Å². The summed E-state index contributed by atoms with van der Waals surface area (Å²) in [7, 11) is 0. The van der Waals surface area contributed by atoms with Crippen molar-refractivity contribution in [2.24, 2.45) is 0 Å². The molecule has 0 atom stereocenters. The van der Waals surface area contributed by atoms with Gasteiger partial charge < -0.3 is 5.73 Å². The zero-order valence-electron chi connectivity index (χ0n) is 11.9. The van der Waals surface area contributed by atoms with Gasteiger partial charge in [-0.2, -0.15) is 26.3 Å². The van der Waals surface area contributed by atoms with E-state index in [4.69, 9.17) is 5.73 Å². The van der Waals surface area contributed by atoms with Gasteiger partial charge >= 0.3 is 12.4 Å². The highest BCUT2D eigenvalue weighted by Gasteiger charge is 2.37. The number of benzene rings is 1. The second kappa shape index (κ2) is 5.99. The quantitative estimate of drug-likeness (QED) is 0.579. The molecule has 0 amide bonds. The minimum Gasteiger partial charge on any atom is -0.375 e. The maximum absolute atomic E-state index is 12.9. The normalized spacial score (nSPS) is 12.6. The van der Waals surface area contributed by atoms with E-state index in [9.17, 15) is 26.3 Å². The summed E-state index contributed by atoms with van der Waals surface area (Å²) in [6, 6.07) is 1.37. The first kappa shape index (κ1) is 17.7. The highest BCUT2D eigenvalue weighted by molar-refractivity contribution is 7.15. The Bertz CT molecular complexity index is 878. The van der Waals surface area contributed by atoms with Crippen molar-refractivity contribution in [2.75, 3.05) is 5.73 Å². The number of alkyl halides is 6. The van der Waals surface area contributed by atoms with Crippen LogP contribution in [0.5, 0.6) is 0 Å². The fraction of sp³-hybridized carbons (Fsp3) is 0.143. The zero-order valence-corrected chi connectivity index (χ0v) is 13.6. The lowest BCUT2D eigenvalue weighted by Crippen LogP contribution is -2.11. The number of aromatic nitrogens is 2. The van der Waals surface area contributed by atoms with Crippen LogP contribution < -0.4 is 5.73 Å². The van der Waals surface area contributed by atoms with Gasteiger partial charge in [-0.15, -0.1) is 22.7 Å². The predicted molar refractivity (Wildman–Crippen MR) is 83.1 cm³/mol. The van der Waals surface area contributed by atoms with Crippen LogP contribution in [-0.4, -0.2) is 9.97 Å². The van der Waals surface area contributed by atoms with Crippen LogP contribution in [0.25, 0.3) is 22.0 Å². The van der Waals surface area contributed by atoms with E-state index in [2.05, 4.69) is 9.97 Å². The molecule has 0 saturated carbocycles. The fourth-order valence-electron chi connectivity index (χ4n) is 2.01. The highest BCUT2D eigenvalue weighted by atomic mass is 32.1. The van der Waals surface area contributed by atoms with Gasteiger partial charge in [-0.1, -0.05) is 0 Å². The van der Waals surface area contributed by atoms with Crippen LogP contribution in [0.2, 0.25) is 0 Å². The number of thiazole rings is 2. The number of hydrogen-bond donors (Lipinski definition) is 1. The van der Waals surface area contributed by atoms with E-state index in [0.717, 1.165) is 22.7 Å². The summed E-state index contributed by atoms with van der Waals surface area (Å²) in [5, 5.41) is 3.62. The van der Waals surface area contributed by atoms with Gasteiger partial charge in [-0.05, 0) is 18.2 Å². The summed E-state index contributed by atoms with van der Waals surface area (Å²) >= 11 is 2.20. The third kappa shape index (κ3) is 3.76. The lowest BCUT2D eigenvalue weighted by molar-refractivity contribution is -0.143. The van der Waals surface area contributed by atoms with Gasteiger partial charge in [0.15, 0.2) is 5.13 Å². The van der Waals surface area contributed by atoms with Gasteiger partial charge in [0.05, 0.1) is 16.8 Å². The maximum Gasteiger partial charge on any atom is 0.416 e. The molecule has 3 nitrogen and oxygen atoms in total. The van der Waals surface area contributed by atoms with E-state index in [1.165, 1.54) is 5.38 Å². The number of hydrogen-bond acceptors (Lipinski definition) is 5. The molecule has 0 bridgehead atoms. The smallest absolute Gasteiger partial charge is 0.375 e. The van der Waals surface area contributed by atoms with E-state index in [1.807, 2.05) is 0 Å². The molecule has 0 saturated heterocycles. The van der Waals surface area contributed by atoms with Crippen molar-refractivity contribution in [1.82, 2.24) is 9.97 Å². The summed E-state index contributed by atoms with van der Waals surface area (Å²) in [6.45, 7) is 0. The molecule has 0 aliphatic rings. The fourth-order valence-corrected chi connectivity index (χ4v) is 3.42. The van der Waals surface area contributed by atoms with Crippen LogP contribution in [0.1, 0.15) is 11.1 Å². The average Bonchev–Trinajstić information content (AvgIpc) is 3.13. The van der Waals surface area contributed by atoms with Gasteiger partial charge in [0, 0.05) is 16.3 Å². The average molecular weight is 395 g/mol. The summed E-state index contributed by atoms with van der Waals surface area (Å²) in [6.07, 6.45) is -9.81. The number of nitrogens with zero attached hydrogens (tertiary/aromatic N) is 2. The molecule has 2 aromatic heterocycles. The third-order valence-electron chi connectivity index (χ3n) is 3.13. The molecule has 0 unspecified atom stereocenters. The summed E-state index contributed by atoms with van der Waals surface area (Å²) in [4.78, 5) is 8.07. The largest absolute Gasteiger partial charge is 0.416 e. The van der Waals surface area contributed by atoms with E-state index in [1.54, 1.807) is 5.38 Å². The second-order valence-corrected chi connectivity index (χ2v) is 6.65. The summed E-state index contributed by atoms with van der Waals surface area (Å²) in [5.41, 5.74) is 2.89. The minimum absolute atomic E-state index is 0.00294. The molecule has 25 heavy (non-hydrogen) atoms. The Morgan fingerprint density at radius 3 is 1.80 bits per heavy atom. The van der Waals surface area contributed by atoms with Crippen molar-refractivity contribution in [1.29, 1.82) is 0 Å². The lowest BCUT2D eigenvalue weighted by atomic mass is 10.0. The van der Waals surface area contributed by atoms with E-state index < -0.39 is 23.5 Å². The molecule has 11 heteroatoms. The summed E-state index contributed by atoms with van der Waals surface area (Å²) < 4.78 is 77.5. The predicted octanol–water partition coefficient (Wildman–Crippen LogP) is 5.55. The van der Waals surface area contributed by atoms with E-state index in [-0.39, 0.29) is 22.5 Å². The first-order chi connectivity index (χ1) is 11.5. The Morgan fingerprint density at radius 2 is 1.32 bits per heavy atom. The van der Waals surface area contributed by atoms with Crippen LogP contribution >= 0.6 is 22.7 Å². The minimum atomic E-state index is -4.90. The number of nitrogens with two attached hydrogens (primary N) is 1. The van der Waals surface area contributed by atoms with Crippen LogP contribution in [0.3, 0.4) is 0 Å². The van der Waals surface area contributed by atoms with Crippen molar-refractivity contribution in [2.45, 2.75) is 12.4 Å². The van der Waals surface area contributed by atoms with Gasteiger partial charge in [0.2, 0.25) is 0 Å². The number of anilines is 1. The molecule has 0 spiro atoms. The maximum atomic E-state index is 12.9. The summed E-state index contributed by atoms with van der Waals surface area (Å²) in [5.74, 6) is 0. The number of nitrogen functional groups attached to an aromatic ring is 1. The van der Waals surface area contributed by atoms with Crippen LogP contribution in [-0.2, 0) is 12.4 Å². The Balaban J connectivity index is 2.09. The van der Waals surface area contributed by atoms with Crippen molar-refractivity contribution in [3.05, 3.63) is 40.1 Å². The standard InChI is InChI=1S/C14H7F6N3S2/c15-13(16,17)7-1-6(2-8(3-7)14(18,19)20)9-4-24-11(22-9)10-5-25-12(21)23-10/h1-5H,(H2,21,23). The van der Waals surface area contributed by atoms with Crippen molar-refractivity contribution in [3.63, 3.8) is 0 Å². The Kier molecular flexibility index (Phi) is 4.23. The van der Waals surface area contributed by atoms with E-state index in [0.29, 0.717) is 22.8 Å². The van der Waals surface area contributed by atoms with Crippen molar-refractivity contribution >= 4 is 27.8 Å². The first-order valence-electron chi connectivity index (χ1n) is 6.51. The van der Waals surface area contributed by atoms with Gasteiger partial charge in [0.1, 0.15) is 10.7 Å².